The van der Waals surface area contributed by atoms with Crippen molar-refractivity contribution in [3.05, 3.63) is 29.8 Å². The van der Waals surface area contributed by atoms with Crippen LogP contribution in [0.2, 0.25) is 0 Å². The number of hydrogen-bond donors (Lipinski definition) is 1. The number of carbonyl (C=O) groups excluding carboxylic acids is 2. The van der Waals surface area contributed by atoms with E-state index in [-0.39, 0.29) is 0 Å². The van der Waals surface area contributed by atoms with Crippen LogP contribution in [-0.2, 0) is 4.79 Å². The second-order valence-corrected chi connectivity index (χ2v) is 2.64. The summed E-state index contributed by atoms with van der Waals surface area (Å²) in [5, 5.41) is 2.27. The molecule has 0 aliphatic heterocycles. The zero-order valence-electron chi connectivity index (χ0n) is 8.03. The van der Waals surface area contributed by atoms with E-state index in [2.05, 4.69) is 5.32 Å². The Kier molecular flexibility index (Phi) is 3.23. The van der Waals surface area contributed by atoms with Gasteiger partial charge in [-0.05, 0) is 12.1 Å². The van der Waals surface area contributed by atoms with Gasteiger partial charge in [-0.15, -0.1) is 0 Å². The number of ketones is 1. The Balaban J connectivity index is 2.95. The molecule has 0 radical (unpaired) electrons. The maximum absolute atomic E-state index is 11.4. The van der Waals surface area contributed by atoms with E-state index in [9.17, 15) is 9.59 Å². The van der Waals surface area contributed by atoms with E-state index in [0.29, 0.717) is 11.3 Å². The third kappa shape index (κ3) is 2.10. The number of Topliss-reactive ketones (excluding diaryl/α,β-unsaturated/α-hetero) is 1. The predicted octanol–water partition coefficient (Wildman–Crippen LogP) is 0.624. The van der Waals surface area contributed by atoms with E-state index >= 15 is 0 Å². The van der Waals surface area contributed by atoms with Gasteiger partial charge in [0.2, 0.25) is 5.78 Å². The Morgan fingerprint density at radius 3 is 2.64 bits per heavy atom. The van der Waals surface area contributed by atoms with E-state index in [1.165, 1.54) is 20.2 Å². The Labute approximate surface area is 81.9 Å². The van der Waals surface area contributed by atoms with E-state index in [1.54, 1.807) is 18.2 Å². The summed E-state index contributed by atoms with van der Waals surface area (Å²) in [4.78, 5) is 22.4. The normalized spacial score (nSPS) is 9.29. The molecule has 4 heteroatoms. The van der Waals surface area contributed by atoms with Crippen molar-refractivity contribution in [3.8, 4) is 5.75 Å². The van der Waals surface area contributed by atoms with Crippen molar-refractivity contribution in [1.29, 1.82) is 0 Å². The molecule has 0 unspecified atom stereocenters. The maximum Gasteiger partial charge on any atom is 0.292 e. The van der Waals surface area contributed by atoms with E-state index in [4.69, 9.17) is 4.74 Å². The standard InChI is InChI=1S/C10H11NO3/c1-11-10(13)9(12)7-4-3-5-8(6-7)14-2/h3-6H,1-2H3,(H,11,13). The summed E-state index contributed by atoms with van der Waals surface area (Å²) < 4.78 is 4.93. The topological polar surface area (TPSA) is 55.4 Å². The van der Waals surface area contributed by atoms with Gasteiger partial charge in [0.05, 0.1) is 7.11 Å². The zero-order valence-corrected chi connectivity index (χ0v) is 8.03. The van der Waals surface area contributed by atoms with Crippen LogP contribution in [0.15, 0.2) is 24.3 Å². The lowest BCUT2D eigenvalue weighted by atomic mass is 10.1. The maximum atomic E-state index is 11.4. The van der Waals surface area contributed by atoms with Crippen molar-refractivity contribution in [2.24, 2.45) is 0 Å². The first-order chi connectivity index (χ1) is 6.69. The van der Waals surface area contributed by atoms with Crippen molar-refractivity contribution >= 4 is 11.7 Å². The first kappa shape index (κ1) is 10.2. The fourth-order valence-electron chi connectivity index (χ4n) is 1.01. The third-order valence-electron chi connectivity index (χ3n) is 1.77. The molecule has 0 saturated carbocycles. The Morgan fingerprint density at radius 2 is 2.07 bits per heavy atom. The summed E-state index contributed by atoms with van der Waals surface area (Å²) >= 11 is 0. The molecule has 0 aromatic heterocycles. The SMILES string of the molecule is CNC(=O)C(=O)c1cccc(OC)c1. The summed E-state index contributed by atoms with van der Waals surface area (Å²) in [5.74, 6) is -0.635. The van der Waals surface area contributed by atoms with Gasteiger partial charge in [0.15, 0.2) is 0 Å². The molecule has 1 aromatic carbocycles. The van der Waals surface area contributed by atoms with Crippen LogP contribution >= 0.6 is 0 Å². The number of hydrogen-bond acceptors (Lipinski definition) is 3. The minimum atomic E-state index is -0.627. The molecular formula is C10H11NO3. The van der Waals surface area contributed by atoms with Crippen LogP contribution in [0.1, 0.15) is 10.4 Å². The highest BCUT2D eigenvalue weighted by atomic mass is 16.5. The molecule has 0 saturated heterocycles. The summed E-state index contributed by atoms with van der Waals surface area (Å²) in [7, 11) is 2.92. The van der Waals surface area contributed by atoms with Gasteiger partial charge in [-0.1, -0.05) is 12.1 Å². The summed E-state index contributed by atoms with van der Waals surface area (Å²) in [5.41, 5.74) is 0.323. The van der Waals surface area contributed by atoms with Gasteiger partial charge in [0, 0.05) is 12.6 Å². The van der Waals surface area contributed by atoms with E-state index < -0.39 is 11.7 Å². The van der Waals surface area contributed by atoms with Crippen LogP contribution in [0, 0.1) is 0 Å². The minimum absolute atomic E-state index is 0.323. The fourth-order valence-corrected chi connectivity index (χ4v) is 1.01. The van der Waals surface area contributed by atoms with Gasteiger partial charge in [0.1, 0.15) is 5.75 Å². The highest BCUT2D eigenvalue weighted by Gasteiger charge is 2.14. The molecule has 0 heterocycles. The first-order valence-corrected chi connectivity index (χ1v) is 4.09. The Hall–Kier alpha value is -1.84. The fraction of sp³-hybridized carbons (Fsp3) is 0.200. The predicted molar refractivity (Wildman–Crippen MR) is 51.4 cm³/mol. The second-order valence-electron chi connectivity index (χ2n) is 2.64. The number of amides is 1. The average molecular weight is 193 g/mol. The minimum Gasteiger partial charge on any atom is -0.497 e. The molecule has 0 aliphatic carbocycles. The van der Waals surface area contributed by atoms with Crippen molar-refractivity contribution in [2.45, 2.75) is 0 Å². The van der Waals surface area contributed by atoms with Gasteiger partial charge >= 0.3 is 0 Å². The number of rotatable bonds is 3. The lowest BCUT2D eigenvalue weighted by molar-refractivity contribution is -0.116. The second kappa shape index (κ2) is 4.41. The van der Waals surface area contributed by atoms with Crippen LogP contribution in [0.4, 0.5) is 0 Å². The Bertz CT molecular complexity index is 360. The van der Waals surface area contributed by atoms with Gasteiger partial charge in [-0.3, -0.25) is 9.59 Å². The molecule has 1 aromatic rings. The molecule has 0 fully saturated rings. The first-order valence-electron chi connectivity index (χ1n) is 4.09. The number of methoxy groups -OCH3 is 1. The van der Waals surface area contributed by atoms with Crippen molar-refractivity contribution in [3.63, 3.8) is 0 Å². The van der Waals surface area contributed by atoms with E-state index in [0.717, 1.165) is 0 Å². The van der Waals surface area contributed by atoms with Crippen LogP contribution in [0.5, 0.6) is 5.75 Å². The number of nitrogens with one attached hydrogen (secondary N) is 1. The van der Waals surface area contributed by atoms with E-state index in [1.807, 2.05) is 0 Å². The Morgan fingerprint density at radius 1 is 1.36 bits per heavy atom. The van der Waals surface area contributed by atoms with Gasteiger partial charge in [-0.25, -0.2) is 0 Å². The molecule has 1 N–H and O–H groups in total. The zero-order chi connectivity index (χ0) is 10.6. The molecule has 1 rings (SSSR count). The van der Waals surface area contributed by atoms with Crippen molar-refractivity contribution in [2.75, 3.05) is 14.2 Å². The third-order valence-corrected chi connectivity index (χ3v) is 1.77. The van der Waals surface area contributed by atoms with Gasteiger partial charge < -0.3 is 10.1 Å². The summed E-state index contributed by atoms with van der Waals surface area (Å²) in [6, 6.07) is 6.47. The molecule has 0 aliphatic rings. The summed E-state index contributed by atoms with van der Waals surface area (Å²) in [6.45, 7) is 0. The summed E-state index contributed by atoms with van der Waals surface area (Å²) in [6.07, 6.45) is 0. The molecule has 0 spiro atoms. The molecule has 4 nitrogen and oxygen atoms in total. The average Bonchev–Trinajstić information content (AvgIpc) is 2.27. The lowest BCUT2D eigenvalue weighted by Crippen LogP contribution is -2.27. The number of likely N-dealkylation sites (N-methyl/N-ethyl adjacent to an activating group) is 1. The molecule has 0 bridgehead atoms. The van der Waals surface area contributed by atoms with Gasteiger partial charge in [-0.2, -0.15) is 0 Å². The highest BCUT2D eigenvalue weighted by Crippen LogP contribution is 2.12. The molecule has 74 valence electrons. The van der Waals surface area contributed by atoms with Crippen LogP contribution in [0.25, 0.3) is 0 Å². The van der Waals surface area contributed by atoms with Crippen LogP contribution in [0.3, 0.4) is 0 Å². The number of carbonyl (C=O) groups is 2. The highest BCUT2D eigenvalue weighted by molar-refractivity contribution is 6.42. The molecular weight excluding hydrogens is 182 g/mol. The monoisotopic (exact) mass is 193 g/mol. The quantitative estimate of drug-likeness (QED) is 0.565. The number of ether oxygens (including phenoxy) is 1. The van der Waals surface area contributed by atoms with Gasteiger partial charge in [0.25, 0.3) is 5.91 Å². The van der Waals surface area contributed by atoms with Crippen LogP contribution < -0.4 is 10.1 Å². The molecule has 14 heavy (non-hydrogen) atoms. The van der Waals surface area contributed by atoms with Crippen LogP contribution in [-0.4, -0.2) is 25.8 Å². The molecule has 1 amide bonds. The molecule has 0 atom stereocenters. The lowest BCUT2D eigenvalue weighted by Gasteiger charge is -2.02. The van der Waals surface area contributed by atoms with Crippen molar-refractivity contribution in [1.82, 2.24) is 5.32 Å². The van der Waals surface area contributed by atoms with Crippen molar-refractivity contribution < 1.29 is 14.3 Å². The largest absolute Gasteiger partial charge is 0.497 e. The smallest absolute Gasteiger partial charge is 0.292 e. The number of benzene rings is 1.